The zero-order valence-electron chi connectivity index (χ0n) is 10.3. The van der Waals surface area contributed by atoms with E-state index in [4.69, 9.17) is 10.8 Å². The molecule has 1 aliphatic rings. The largest absolute Gasteiger partial charge is 0.480 e. The van der Waals surface area contributed by atoms with Gasteiger partial charge in [0.05, 0.1) is 6.42 Å². The van der Waals surface area contributed by atoms with Crippen molar-refractivity contribution in [1.29, 1.82) is 0 Å². The van der Waals surface area contributed by atoms with Crippen LogP contribution in [0.15, 0.2) is 0 Å². The fourth-order valence-corrected chi connectivity index (χ4v) is 1.88. The molecule has 18 heavy (non-hydrogen) atoms. The van der Waals surface area contributed by atoms with E-state index in [-0.39, 0.29) is 6.04 Å². The van der Waals surface area contributed by atoms with Gasteiger partial charge in [-0.15, -0.1) is 0 Å². The number of rotatable bonds is 7. The summed E-state index contributed by atoms with van der Waals surface area (Å²) in [5.41, 5.74) is 4.91. The summed E-state index contributed by atoms with van der Waals surface area (Å²) in [4.78, 5) is 32.9. The molecule has 5 N–H and O–H groups in total. The molecule has 1 fully saturated rings. The first-order valence-corrected chi connectivity index (χ1v) is 6.02. The van der Waals surface area contributed by atoms with E-state index in [0.29, 0.717) is 5.92 Å². The molecule has 0 heterocycles. The van der Waals surface area contributed by atoms with E-state index in [1.807, 2.05) is 0 Å². The third-order valence-corrected chi connectivity index (χ3v) is 2.91. The van der Waals surface area contributed by atoms with E-state index in [2.05, 4.69) is 17.6 Å². The van der Waals surface area contributed by atoms with Gasteiger partial charge in [0.15, 0.2) is 0 Å². The van der Waals surface area contributed by atoms with Crippen LogP contribution >= 0.6 is 0 Å². The fourth-order valence-electron chi connectivity index (χ4n) is 1.88. The second-order valence-corrected chi connectivity index (χ2v) is 4.57. The number of hydrogen-bond acceptors (Lipinski definition) is 3. The van der Waals surface area contributed by atoms with Crippen molar-refractivity contribution in [1.82, 2.24) is 10.6 Å². The lowest BCUT2D eigenvalue weighted by atomic mass is 10.2. The smallest absolute Gasteiger partial charge is 0.326 e. The lowest BCUT2D eigenvalue weighted by Crippen LogP contribution is -2.48. The minimum atomic E-state index is -1.27. The van der Waals surface area contributed by atoms with Gasteiger partial charge in [0.25, 0.3) is 0 Å². The number of urea groups is 1. The standard InChI is InChI=1S/C11H19N3O4/c1-2-3-6-4-7(6)13-11(18)14-8(10(16)17)5-9(12)15/h6-8H,2-5H2,1H3,(H2,12,15)(H,16,17)(H2,13,14,18). The number of hydrogen-bond donors (Lipinski definition) is 4. The van der Waals surface area contributed by atoms with Crippen molar-refractivity contribution in [2.45, 2.75) is 44.7 Å². The number of nitrogens with one attached hydrogen (secondary N) is 2. The third-order valence-electron chi connectivity index (χ3n) is 2.91. The molecule has 3 amide bonds. The van der Waals surface area contributed by atoms with Crippen molar-refractivity contribution in [2.75, 3.05) is 0 Å². The quantitative estimate of drug-likeness (QED) is 0.504. The Morgan fingerprint density at radius 1 is 1.44 bits per heavy atom. The average Bonchev–Trinajstić information content (AvgIpc) is 2.95. The van der Waals surface area contributed by atoms with E-state index >= 15 is 0 Å². The summed E-state index contributed by atoms with van der Waals surface area (Å²) in [7, 11) is 0. The molecule has 3 unspecified atom stereocenters. The number of carbonyl (C=O) groups excluding carboxylic acids is 2. The maximum atomic E-state index is 11.5. The molecule has 7 nitrogen and oxygen atoms in total. The molecule has 1 saturated carbocycles. The predicted molar refractivity (Wildman–Crippen MR) is 63.7 cm³/mol. The maximum Gasteiger partial charge on any atom is 0.326 e. The summed E-state index contributed by atoms with van der Waals surface area (Å²) in [5.74, 6) is -1.55. The van der Waals surface area contributed by atoms with Crippen LogP contribution in [0.25, 0.3) is 0 Å². The highest BCUT2D eigenvalue weighted by Crippen LogP contribution is 2.34. The Kier molecular flexibility index (Phi) is 4.94. The van der Waals surface area contributed by atoms with Crippen molar-refractivity contribution in [3.8, 4) is 0 Å². The second kappa shape index (κ2) is 6.23. The molecule has 7 heteroatoms. The van der Waals surface area contributed by atoms with Crippen molar-refractivity contribution in [3.63, 3.8) is 0 Å². The van der Waals surface area contributed by atoms with Crippen LogP contribution in [0.1, 0.15) is 32.6 Å². The lowest BCUT2D eigenvalue weighted by molar-refractivity contribution is -0.140. The van der Waals surface area contributed by atoms with Crippen LogP contribution in [0.5, 0.6) is 0 Å². The topological polar surface area (TPSA) is 122 Å². The summed E-state index contributed by atoms with van der Waals surface area (Å²) in [6.07, 6.45) is 2.62. The summed E-state index contributed by atoms with van der Waals surface area (Å²) in [6.45, 7) is 2.07. The summed E-state index contributed by atoms with van der Waals surface area (Å²) >= 11 is 0. The normalized spacial score (nSPS) is 22.9. The molecule has 0 aromatic carbocycles. The molecule has 102 valence electrons. The molecule has 0 aliphatic heterocycles. The van der Waals surface area contributed by atoms with Gasteiger partial charge < -0.3 is 21.5 Å². The van der Waals surface area contributed by atoms with Crippen LogP contribution in [0.2, 0.25) is 0 Å². The minimum absolute atomic E-state index is 0.118. The number of carboxylic acid groups (broad SMARTS) is 1. The Labute approximate surface area is 105 Å². The number of carbonyl (C=O) groups is 3. The van der Waals surface area contributed by atoms with Crippen molar-refractivity contribution in [2.24, 2.45) is 11.7 Å². The lowest BCUT2D eigenvalue weighted by Gasteiger charge is -2.13. The van der Waals surface area contributed by atoms with Crippen LogP contribution in [0.3, 0.4) is 0 Å². The van der Waals surface area contributed by atoms with Gasteiger partial charge in [-0.2, -0.15) is 0 Å². The molecule has 0 spiro atoms. The molecular formula is C11H19N3O4. The van der Waals surface area contributed by atoms with Gasteiger partial charge in [0, 0.05) is 6.04 Å². The van der Waals surface area contributed by atoms with Crippen LogP contribution in [-0.4, -0.2) is 35.1 Å². The van der Waals surface area contributed by atoms with Gasteiger partial charge in [-0.1, -0.05) is 13.3 Å². The first kappa shape index (κ1) is 14.3. The Hall–Kier alpha value is -1.79. The molecular weight excluding hydrogens is 238 g/mol. The Balaban J connectivity index is 2.33. The SMILES string of the molecule is CCCC1CC1NC(=O)NC(CC(N)=O)C(=O)O. The molecule has 0 aromatic rings. The molecule has 1 rings (SSSR count). The fraction of sp³-hybridized carbons (Fsp3) is 0.727. The van der Waals surface area contributed by atoms with Gasteiger partial charge in [-0.25, -0.2) is 9.59 Å². The van der Waals surface area contributed by atoms with Gasteiger partial charge in [-0.3, -0.25) is 4.79 Å². The molecule has 0 saturated heterocycles. The molecule has 0 radical (unpaired) electrons. The first-order chi connectivity index (χ1) is 8.43. The third kappa shape index (κ3) is 4.60. The predicted octanol–water partition coefficient (Wildman–Crippen LogP) is -0.197. The second-order valence-electron chi connectivity index (χ2n) is 4.57. The van der Waals surface area contributed by atoms with Crippen molar-refractivity contribution in [3.05, 3.63) is 0 Å². The first-order valence-electron chi connectivity index (χ1n) is 6.02. The zero-order chi connectivity index (χ0) is 13.7. The molecule has 3 atom stereocenters. The van der Waals surface area contributed by atoms with Gasteiger partial charge in [0.1, 0.15) is 6.04 Å². The van der Waals surface area contributed by atoms with Gasteiger partial charge in [-0.05, 0) is 18.8 Å². The van der Waals surface area contributed by atoms with Gasteiger partial charge in [0.2, 0.25) is 5.91 Å². The Morgan fingerprint density at radius 3 is 2.61 bits per heavy atom. The van der Waals surface area contributed by atoms with Crippen molar-refractivity contribution < 1.29 is 19.5 Å². The number of amides is 3. The highest BCUT2D eigenvalue weighted by atomic mass is 16.4. The molecule has 0 aromatic heterocycles. The summed E-state index contributed by atoms with van der Waals surface area (Å²) < 4.78 is 0. The summed E-state index contributed by atoms with van der Waals surface area (Å²) in [5, 5.41) is 13.7. The van der Waals surface area contributed by atoms with E-state index in [0.717, 1.165) is 19.3 Å². The molecule has 1 aliphatic carbocycles. The minimum Gasteiger partial charge on any atom is -0.480 e. The highest BCUT2D eigenvalue weighted by Gasteiger charge is 2.37. The van der Waals surface area contributed by atoms with E-state index in [1.165, 1.54) is 0 Å². The summed E-state index contributed by atoms with van der Waals surface area (Å²) in [6, 6.07) is -1.72. The van der Waals surface area contributed by atoms with Gasteiger partial charge >= 0.3 is 12.0 Å². The molecule has 0 bridgehead atoms. The maximum absolute atomic E-state index is 11.5. The van der Waals surface area contributed by atoms with Crippen LogP contribution in [0, 0.1) is 5.92 Å². The van der Waals surface area contributed by atoms with Crippen LogP contribution in [-0.2, 0) is 9.59 Å². The van der Waals surface area contributed by atoms with E-state index in [1.54, 1.807) is 0 Å². The number of aliphatic carboxylic acids is 1. The van der Waals surface area contributed by atoms with E-state index < -0.39 is 30.4 Å². The monoisotopic (exact) mass is 257 g/mol. The number of carboxylic acids is 1. The number of nitrogens with two attached hydrogens (primary N) is 1. The van der Waals surface area contributed by atoms with Crippen LogP contribution < -0.4 is 16.4 Å². The average molecular weight is 257 g/mol. The zero-order valence-corrected chi connectivity index (χ0v) is 10.3. The van der Waals surface area contributed by atoms with Crippen LogP contribution in [0.4, 0.5) is 4.79 Å². The highest BCUT2D eigenvalue weighted by molar-refractivity contribution is 5.87. The number of primary amides is 1. The Bertz CT molecular complexity index is 345. The van der Waals surface area contributed by atoms with E-state index in [9.17, 15) is 14.4 Å². The Morgan fingerprint density at radius 2 is 2.11 bits per heavy atom. The van der Waals surface area contributed by atoms with Crippen molar-refractivity contribution >= 4 is 17.9 Å².